The van der Waals surface area contributed by atoms with Gasteiger partial charge in [0.15, 0.2) is 0 Å². The van der Waals surface area contributed by atoms with Crippen molar-refractivity contribution in [2.45, 2.75) is 13.3 Å². The van der Waals surface area contributed by atoms with Gasteiger partial charge in [-0.3, -0.25) is 0 Å². The molecule has 0 bridgehead atoms. The number of methoxy groups -OCH3 is 1. The number of nitriles is 1. The highest BCUT2D eigenvalue weighted by molar-refractivity contribution is 5.92. The van der Waals surface area contributed by atoms with Crippen LogP contribution in [-0.4, -0.2) is 39.4 Å². The van der Waals surface area contributed by atoms with Gasteiger partial charge < -0.3 is 20.1 Å². The molecule has 2 N–H and O–H groups in total. The van der Waals surface area contributed by atoms with Gasteiger partial charge in [0.2, 0.25) is 0 Å². The fourth-order valence-electron chi connectivity index (χ4n) is 1.92. The molecule has 21 heavy (non-hydrogen) atoms. The lowest BCUT2D eigenvalue weighted by atomic mass is 10.1. The van der Waals surface area contributed by atoms with Gasteiger partial charge in [-0.25, -0.2) is 4.79 Å². The topological polar surface area (TPSA) is 88.6 Å². The summed E-state index contributed by atoms with van der Waals surface area (Å²) >= 11 is 0. The third-order valence-electron chi connectivity index (χ3n) is 2.94. The molecule has 114 valence electrons. The lowest BCUT2D eigenvalue weighted by Crippen LogP contribution is -2.29. The average molecular weight is 291 g/mol. The molecule has 1 rings (SSSR count). The van der Waals surface area contributed by atoms with E-state index in [1.165, 1.54) is 0 Å². The van der Waals surface area contributed by atoms with E-state index in [9.17, 15) is 4.79 Å². The molecule has 6 heteroatoms. The number of carbonyl (C=O) groups is 1. The molecule has 0 saturated carbocycles. The molecule has 0 unspecified atom stereocenters. The summed E-state index contributed by atoms with van der Waals surface area (Å²) in [5, 5.41) is 8.73. The molecule has 0 saturated heterocycles. The van der Waals surface area contributed by atoms with E-state index in [2.05, 4.69) is 6.07 Å². The van der Waals surface area contributed by atoms with Gasteiger partial charge in [-0.15, -0.1) is 0 Å². The maximum Gasteiger partial charge on any atom is 0.338 e. The van der Waals surface area contributed by atoms with Crippen LogP contribution in [0, 0.1) is 11.3 Å². The molecule has 0 amide bonds. The number of ether oxygens (including phenoxy) is 2. The summed E-state index contributed by atoms with van der Waals surface area (Å²) < 4.78 is 10.0. The van der Waals surface area contributed by atoms with Crippen LogP contribution in [0.15, 0.2) is 18.2 Å². The number of nitrogens with zero attached hydrogens (tertiary/aromatic N) is 2. The van der Waals surface area contributed by atoms with Crippen LogP contribution in [0.25, 0.3) is 0 Å². The summed E-state index contributed by atoms with van der Waals surface area (Å²) in [4.78, 5) is 13.6. The van der Waals surface area contributed by atoms with E-state index in [1.54, 1.807) is 32.2 Å². The Morgan fingerprint density at radius 1 is 1.43 bits per heavy atom. The second-order valence-corrected chi connectivity index (χ2v) is 4.38. The number of anilines is 2. The monoisotopic (exact) mass is 291 g/mol. The van der Waals surface area contributed by atoms with E-state index in [0.717, 1.165) is 5.69 Å². The summed E-state index contributed by atoms with van der Waals surface area (Å²) in [6.45, 7) is 3.79. The van der Waals surface area contributed by atoms with Crippen molar-refractivity contribution in [3.63, 3.8) is 0 Å². The molecule has 1 aromatic carbocycles. The molecule has 0 aliphatic rings. The van der Waals surface area contributed by atoms with Crippen molar-refractivity contribution < 1.29 is 14.3 Å². The van der Waals surface area contributed by atoms with Gasteiger partial charge >= 0.3 is 5.97 Å². The van der Waals surface area contributed by atoms with Crippen molar-refractivity contribution in [1.29, 1.82) is 5.26 Å². The summed E-state index contributed by atoms with van der Waals surface area (Å²) in [7, 11) is 1.62. The third kappa shape index (κ3) is 4.97. The Bertz CT molecular complexity index is 511. The molecule has 0 heterocycles. The van der Waals surface area contributed by atoms with Gasteiger partial charge in [0.1, 0.15) is 0 Å². The van der Waals surface area contributed by atoms with E-state index >= 15 is 0 Å². The molecule has 1 aromatic rings. The number of carbonyl (C=O) groups excluding carboxylic acids is 1. The number of nitrogens with two attached hydrogens (primary N) is 1. The highest BCUT2D eigenvalue weighted by Crippen LogP contribution is 2.25. The van der Waals surface area contributed by atoms with Crippen molar-refractivity contribution in [3.8, 4) is 6.07 Å². The van der Waals surface area contributed by atoms with E-state index < -0.39 is 5.97 Å². The maximum atomic E-state index is 11.7. The van der Waals surface area contributed by atoms with Crippen LogP contribution in [0.5, 0.6) is 0 Å². The Labute approximate surface area is 125 Å². The highest BCUT2D eigenvalue weighted by Gasteiger charge is 2.13. The van der Waals surface area contributed by atoms with E-state index in [1.807, 2.05) is 4.90 Å². The Morgan fingerprint density at radius 2 is 2.19 bits per heavy atom. The normalized spacial score (nSPS) is 9.95. The second kappa shape index (κ2) is 8.82. The summed E-state index contributed by atoms with van der Waals surface area (Å²) in [6, 6.07) is 7.16. The molecular formula is C15H21N3O3. The zero-order chi connectivity index (χ0) is 15.7. The van der Waals surface area contributed by atoms with Gasteiger partial charge in [0, 0.05) is 20.2 Å². The first-order valence-corrected chi connectivity index (χ1v) is 6.81. The predicted molar refractivity (Wildman–Crippen MR) is 81.1 cm³/mol. The Morgan fingerprint density at radius 3 is 2.76 bits per heavy atom. The SMILES string of the molecule is CCOC(=O)c1ccc(N(CCC#N)CCOC)c(N)c1. The zero-order valence-corrected chi connectivity index (χ0v) is 12.5. The minimum absolute atomic E-state index is 0.322. The number of rotatable bonds is 8. The Balaban J connectivity index is 2.93. The number of nitrogen functional groups attached to an aromatic ring is 1. The minimum atomic E-state index is -0.392. The summed E-state index contributed by atoms with van der Waals surface area (Å²) in [6.07, 6.45) is 0.392. The van der Waals surface area contributed by atoms with Crippen molar-refractivity contribution >= 4 is 17.3 Å². The summed E-state index contributed by atoms with van der Waals surface area (Å²) in [5.41, 5.74) is 7.72. The van der Waals surface area contributed by atoms with Crippen LogP contribution in [0.1, 0.15) is 23.7 Å². The molecule has 0 radical (unpaired) electrons. The predicted octanol–water partition coefficient (Wildman–Crippen LogP) is 1.81. The average Bonchev–Trinajstić information content (AvgIpc) is 2.48. The molecule has 0 fully saturated rings. The molecule has 6 nitrogen and oxygen atoms in total. The number of esters is 1. The fourth-order valence-corrected chi connectivity index (χ4v) is 1.92. The number of benzene rings is 1. The van der Waals surface area contributed by atoms with Crippen LogP contribution < -0.4 is 10.6 Å². The van der Waals surface area contributed by atoms with Gasteiger partial charge in [0.25, 0.3) is 0 Å². The van der Waals surface area contributed by atoms with Gasteiger partial charge in [-0.2, -0.15) is 5.26 Å². The molecule has 0 aliphatic heterocycles. The van der Waals surface area contributed by atoms with E-state index in [4.69, 9.17) is 20.5 Å². The van der Waals surface area contributed by atoms with Crippen LogP contribution in [0.2, 0.25) is 0 Å². The van der Waals surface area contributed by atoms with Crippen molar-refractivity contribution in [3.05, 3.63) is 23.8 Å². The lowest BCUT2D eigenvalue weighted by molar-refractivity contribution is 0.0526. The molecule has 0 spiro atoms. The first kappa shape index (κ1) is 16.8. The first-order valence-electron chi connectivity index (χ1n) is 6.81. The third-order valence-corrected chi connectivity index (χ3v) is 2.94. The summed E-state index contributed by atoms with van der Waals surface area (Å²) in [5.74, 6) is -0.392. The highest BCUT2D eigenvalue weighted by atomic mass is 16.5. The quantitative estimate of drug-likeness (QED) is 0.580. The Kier molecular flexibility index (Phi) is 7.05. The van der Waals surface area contributed by atoms with Crippen molar-refractivity contribution in [2.75, 3.05) is 44.0 Å². The second-order valence-electron chi connectivity index (χ2n) is 4.38. The fraction of sp³-hybridized carbons (Fsp3) is 0.467. The largest absolute Gasteiger partial charge is 0.462 e. The number of hydrogen-bond acceptors (Lipinski definition) is 6. The minimum Gasteiger partial charge on any atom is -0.462 e. The zero-order valence-electron chi connectivity index (χ0n) is 12.5. The molecule has 0 atom stereocenters. The molecule has 0 aromatic heterocycles. The maximum absolute atomic E-state index is 11.7. The van der Waals surface area contributed by atoms with Gasteiger partial charge in [0.05, 0.1) is 42.6 Å². The standard InChI is InChI=1S/C15H21N3O3/c1-3-21-15(19)12-5-6-14(13(17)11-12)18(8-4-7-16)9-10-20-2/h5-6,11H,3-4,8-10,17H2,1-2H3. The van der Waals surface area contributed by atoms with E-state index in [-0.39, 0.29) is 0 Å². The smallest absolute Gasteiger partial charge is 0.338 e. The van der Waals surface area contributed by atoms with E-state index in [0.29, 0.717) is 44.0 Å². The van der Waals surface area contributed by atoms with Crippen LogP contribution in [0.3, 0.4) is 0 Å². The first-order chi connectivity index (χ1) is 10.1. The molecule has 0 aliphatic carbocycles. The van der Waals surface area contributed by atoms with Crippen molar-refractivity contribution in [2.24, 2.45) is 0 Å². The van der Waals surface area contributed by atoms with Gasteiger partial charge in [-0.05, 0) is 25.1 Å². The number of hydrogen-bond donors (Lipinski definition) is 1. The van der Waals surface area contributed by atoms with Gasteiger partial charge in [-0.1, -0.05) is 0 Å². The van der Waals surface area contributed by atoms with Crippen LogP contribution in [-0.2, 0) is 9.47 Å². The lowest BCUT2D eigenvalue weighted by Gasteiger charge is -2.25. The van der Waals surface area contributed by atoms with Crippen LogP contribution in [0.4, 0.5) is 11.4 Å². The molecular weight excluding hydrogens is 270 g/mol. The van der Waals surface area contributed by atoms with Crippen LogP contribution >= 0.6 is 0 Å². The van der Waals surface area contributed by atoms with Crippen molar-refractivity contribution in [1.82, 2.24) is 0 Å². The Hall–Kier alpha value is -2.26.